The first kappa shape index (κ1) is 14.1. The third-order valence-corrected chi connectivity index (χ3v) is 3.04. The summed E-state index contributed by atoms with van der Waals surface area (Å²) in [6, 6.07) is 0. The number of hydrogen-bond acceptors (Lipinski definition) is 6. The molecule has 2 rings (SSSR count). The number of cyclic esters (lactones) is 1. The van der Waals surface area contributed by atoms with E-state index in [1.54, 1.807) is 13.8 Å². The highest BCUT2D eigenvalue weighted by atomic mass is 16.8. The monoisotopic (exact) mass is 272 g/mol. The molecule has 0 aliphatic carbocycles. The lowest BCUT2D eigenvalue weighted by Gasteiger charge is -2.21. The zero-order valence-corrected chi connectivity index (χ0v) is 11.5. The number of aliphatic hydroxyl groups excluding tert-OH is 1. The van der Waals surface area contributed by atoms with Crippen LogP contribution in [0.25, 0.3) is 0 Å². The predicted molar refractivity (Wildman–Crippen MR) is 65.3 cm³/mol. The van der Waals surface area contributed by atoms with Gasteiger partial charge in [-0.25, -0.2) is 4.79 Å². The summed E-state index contributed by atoms with van der Waals surface area (Å²) in [4.78, 5) is 11.4. The fourth-order valence-corrected chi connectivity index (χ4v) is 2.05. The van der Waals surface area contributed by atoms with Gasteiger partial charge >= 0.3 is 5.97 Å². The van der Waals surface area contributed by atoms with Gasteiger partial charge in [-0.2, -0.15) is 0 Å². The van der Waals surface area contributed by atoms with Crippen LogP contribution in [0.2, 0.25) is 0 Å². The Bertz CT molecular complexity index is 387. The molecule has 0 amide bonds. The van der Waals surface area contributed by atoms with Gasteiger partial charge < -0.3 is 24.1 Å². The number of carbonyl (C=O) groups is 1. The third kappa shape index (κ3) is 3.01. The summed E-state index contributed by atoms with van der Waals surface area (Å²) < 4.78 is 21.6. The molecule has 2 aliphatic heterocycles. The van der Waals surface area contributed by atoms with Crippen LogP contribution in [-0.2, 0) is 23.7 Å². The van der Waals surface area contributed by atoms with Gasteiger partial charge in [-0.3, -0.25) is 0 Å². The van der Waals surface area contributed by atoms with Crippen LogP contribution in [0.4, 0.5) is 0 Å². The summed E-state index contributed by atoms with van der Waals surface area (Å²) in [5.74, 6) is -1.80. The van der Waals surface area contributed by atoms with Crippen molar-refractivity contribution in [3.63, 3.8) is 0 Å². The van der Waals surface area contributed by atoms with E-state index in [-0.39, 0.29) is 5.76 Å². The molecule has 0 radical (unpaired) electrons. The van der Waals surface area contributed by atoms with Gasteiger partial charge in [0.1, 0.15) is 6.10 Å². The lowest BCUT2D eigenvalue weighted by molar-refractivity contribution is -0.163. The second-order valence-electron chi connectivity index (χ2n) is 5.11. The first-order chi connectivity index (χ1) is 8.94. The number of ether oxygens (including phenoxy) is 4. The Morgan fingerprint density at radius 1 is 1.47 bits per heavy atom. The Morgan fingerprint density at radius 2 is 2.21 bits per heavy atom. The highest BCUT2D eigenvalue weighted by molar-refractivity contribution is 5.89. The average molecular weight is 272 g/mol. The van der Waals surface area contributed by atoms with E-state index >= 15 is 0 Å². The Hall–Kier alpha value is -1.27. The number of rotatable bonds is 5. The summed E-state index contributed by atoms with van der Waals surface area (Å²) in [5.41, 5.74) is 0. The van der Waals surface area contributed by atoms with E-state index in [0.29, 0.717) is 13.2 Å². The maximum Gasteiger partial charge on any atom is 0.378 e. The van der Waals surface area contributed by atoms with Crippen molar-refractivity contribution in [3.8, 4) is 0 Å². The Kier molecular flexibility index (Phi) is 4.01. The zero-order chi connectivity index (χ0) is 14.0. The van der Waals surface area contributed by atoms with Gasteiger partial charge in [0.2, 0.25) is 5.76 Å². The van der Waals surface area contributed by atoms with E-state index in [1.807, 2.05) is 6.92 Å². The van der Waals surface area contributed by atoms with Gasteiger partial charge in [-0.15, -0.1) is 0 Å². The maximum absolute atomic E-state index is 11.4. The Morgan fingerprint density at radius 3 is 2.79 bits per heavy atom. The molecule has 0 aromatic heterocycles. The largest absolute Gasteiger partial charge is 0.499 e. The van der Waals surface area contributed by atoms with Crippen LogP contribution in [0.15, 0.2) is 11.5 Å². The van der Waals surface area contributed by atoms with Gasteiger partial charge in [0.15, 0.2) is 17.7 Å². The smallest absolute Gasteiger partial charge is 0.378 e. The summed E-state index contributed by atoms with van der Waals surface area (Å²) in [6.07, 6.45) is 0.612. The maximum atomic E-state index is 11.4. The van der Waals surface area contributed by atoms with Crippen LogP contribution >= 0.6 is 0 Å². The van der Waals surface area contributed by atoms with Crippen LogP contribution < -0.4 is 0 Å². The third-order valence-electron chi connectivity index (χ3n) is 3.04. The predicted octanol–water partition coefficient (Wildman–Crippen LogP) is 1.65. The molecule has 0 bridgehead atoms. The minimum absolute atomic E-state index is 0.157. The van der Waals surface area contributed by atoms with E-state index in [2.05, 4.69) is 0 Å². The second-order valence-corrected chi connectivity index (χ2v) is 5.11. The van der Waals surface area contributed by atoms with Crippen LogP contribution in [0.1, 0.15) is 33.6 Å². The van der Waals surface area contributed by atoms with Crippen molar-refractivity contribution in [2.75, 3.05) is 13.2 Å². The lowest BCUT2D eigenvalue weighted by Crippen LogP contribution is -2.33. The average Bonchev–Trinajstić information content (AvgIpc) is 2.83. The van der Waals surface area contributed by atoms with Crippen LogP contribution in [0.5, 0.6) is 0 Å². The van der Waals surface area contributed by atoms with E-state index in [4.69, 9.17) is 18.9 Å². The summed E-state index contributed by atoms with van der Waals surface area (Å²) in [6.45, 7) is 6.32. The fraction of sp³-hybridized carbons (Fsp3) is 0.769. The Labute approximate surface area is 112 Å². The molecular weight excluding hydrogens is 252 g/mol. The van der Waals surface area contributed by atoms with Crippen molar-refractivity contribution in [1.82, 2.24) is 0 Å². The normalized spacial score (nSPS) is 29.7. The van der Waals surface area contributed by atoms with Crippen LogP contribution in [-0.4, -0.2) is 42.3 Å². The number of hydrogen-bond donors (Lipinski definition) is 1. The Balaban J connectivity index is 2.05. The second kappa shape index (κ2) is 5.38. The minimum Gasteiger partial charge on any atom is -0.499 e. The molecule has 0 aromatic carbocycles. The number of aliphatic hydroxyl groups is 1. The van der Waals surface area contributed by atoms with Gasteiger partial charge in [0, 0.05) is 0 Å². The minimum atomic E-state index is -0.773. The topological polar surface area (TPSA) is 74.2 Å². The summed E-state index contributed by atoms with van der Waals surface area (Å²) >= 11 is 0. The van der Waals surface area contributed by atoms with Gasteiger partial charge in [0.25, 0.3) is 0 Å². The SMILES string of the molecule is CCCCOC1=C(O)C(=O)OC1C1COC(C)(C)O1. The number of esters is 1. The molecule has 2 heterocycles. The molecule has 0 aromatic rings. The van der Waals surface area contributed by atoms with Crippen molar-refractivity contribution in [1.29, 1.82) is 0 Å². The zero-order valence-electron chi connectivity index (χ0n) is 11.5. The fourth-order valence-electron chi connectivity index (χ4n) is 2.05. The molecule has 1 saturated heterocycles. The first-order valence-corrected chi connectivity index (χ1v) is 6.53. The van der Waals surface area contributed by atoms with Crippen LogP contribution in [0, 0.1) is 0 Å². The van der Waals surface area contributed by atoms with Gasteiger partial charge in [-0.1, -0.05) is 13.3 Å². The van der Waals surface area contributed by atoms with E-state index in [0.717, 1.165) is 12.8 Å². The van der Waals surface area contributed by atoms with Crippen molar-refractivity contribution >= 4 is 5.97 Å². The molecule has 6 heteroatoms. The molecular formula is C13H20O6. The number of carbonyl (C=O) groups excluding carboxylic acids is 1. The molecule has 2 aliphatic rings. The highest BCUT2D eigenvalue weighted by Crippen LogP contribution is 2.32. The van der Waals surface area contributed by atoms with E-state index in [1.165, 1.54) is 0 Å². The highest BCUT2D eigenvalue weighted by Gasteiger charge is 2.47. The first-order valence-electron chi connectivity index (χ1n) is 6.53. The molecule has 2 atom stereocenters. The van der Waals surface area contributed by atoms with E-state index in [9.17, 15) is 9.90 Å². The summed E-state index contributed by atoms with van der Waals surface area (Å²) in [5, 5.41) is 9.70. The molecule has 0 saturated carbocycles. The lowest BCUT2D eigenvalue weighted by atomic mass is 10.2. The van der Waals surface area contributed by atoms with Gasteiger partial charge in [-0.05, 0) is 20.3 Å². The molecule has 19 heavy (non-hydrogen) atoms. The quantitative estimate of drug-likeness (QED) is 0.606. The molecule has 6 nitrogen and oxygen atoms in total. The van der Waals surface area contributed by atoms with E-state index < -0.39 is 29.7 Å². The molecule has 1 N–H and O–H groups in total. The molecule has 1 fully saturated rings. The van der Waals surface area contributed by atoms with Crippen molar-refractivity contribution in [2.24, 2.45) is 0 Å². The number of unbranched alkanes of at least 4 members (excludes halogenated alkanes) is 1. The van der Waals surface area contributed by atoms with Crippen molar-refractivity contribution < 1.29 is 28.8 Å². The summed E-state index contributed by atoms with van der Waals surface area (Å²) in [7, 11) is 0. The molecule has 108 valence electrons. The van der Waals surface area contributed by atoms with Gasteiger partial charge in [0.05, 0.1) is 13.2 Å². The van der Waals surface area contributed by atoms with Crippen molar-refractivity contribution in [3.05, 3.63) is 11.5 Å². The molecule has 2 unspecified atom stereocenters. The van der Waals surface area contributed by atoms with Crippen LogP contribution in [0.3, 0.4) is 0 Å². The standard InChI is InChI=1S/C13H20O6/c1-4-5-6-16-11-9(14)12(15)18-10(11)8-7-17-13(2,3)19-8/h8,10,14H,4-7H2,1-3H3. The molecule has 0 spiro atoms. The van der Waals surface area contributed by atoms with Crippen molar-refractivity contribution in [2.45, 2.75) is 51.6 Å².